The third-order valence-corrected chi connectivity index (χ3v) is 3.25. The summed E-state index contributed by atoms with van der Waals surface area (Å²) in [5.41, 5.74) is 1.01. The Labute approximate surface area is 102 Å². The van der Waals surface area contributed by atoms with Crippen LogP contribution in [-0.2, 0) is 4.74 Å². The SMILES string of the molecule is COC1CCCC(Oc2cc(C)cc(O)c2)C1. The van der Waals surface area contributed by atoms with Gasteiger partial charge in [-0.05, 0) is 43.9 Å². The van der Waals surface area contributed by atoms with Crippen LogP contribution in [0.15, 0.2) is 18.2 Å². The van der Waals surface area contributed by atoms with E-state index >= 15 is 0 Å². The van der Waals surface area contributed by atoms with Crippen molar-refractivity contribution >= 4 is 0 Å². The van der Waals surface area contributed by atoms with Gasteiger partial charge in [0, 0.05) is 19.6 Å². The van der Waals surface area contributed by atoms with Crippen molar-refractivity contribution in [3.63, 3.8) is 0 Å². The zero-order valence-electron chi connectivity index (χ0n) is 10.5. The molecule has 0 aromatic heterocycles. The number of aryl methyl sites for hydroxylation is 1. The van der Waals surface area contributed by atoms with Gasteiger partial charge in [-0.3, -0.25) is 0 Å². The lowest BCUT2D eigenvalue weighted by Crippen LogP contribution is -2.29. The summed E-state index contributed by atoms with van der Waals surface area (Å²) >= 11 is 0. The van der Waals surface area contributed by atoms with Gasteiger partial charge in [0.2, 0.25) is 0 Å². The topological polar surface area (TPSA) is 38.7 Å². The fourth-order valence-corrected chi connectivity index (χ4v) is 2.41. The minimum atomic E-state index is 0.204. The van der Waals surface area contributed by atoms with E-state index in [0.29, 0.717) is 6.10 Å². The summed E-state index contributed by atoms with van der Waals surface area (Å²) in [5, 5.41) is 9.52. The molecule has 1 aliphatic rings. The van der Waals surface area contributed by atoms with Crippen LogP contribution in [0.5, 0.6) is 11.5 Å². The Morgan fingerprint density at radius 3 is 2.65 bits per heavy atom. The first kappa shape index (κ1) is 12.2. The van der Waals surface area contributed by atoms with Gasteiger partial charge in [0.15, 0.2) is 0 Å². The first-order valence-corrected chi connectivity index (χ1v) is 6.17. The molecular weight excluding hydrogens is 216 g/mol. The van der Waals surface area contributed by atoms with Gasteiger partial charge < -0.3 is 14.6 Å². The van der Waals surface area contributed by atoms with E-state index in [4.69, 9.17) is 9.47 Å². The predicted molar refractivity (Wildman–Crippen MR) is 66.5 cm³/mol. The minimum Gasteiger partial charge on any atom is -0.508 e. The van der Waals surface area contributed by atoms with E-state index in [-0.39, 0.29) is 11.9 Å². The molecule has 1 aliphatic carbocycles. The molecule has 1 saturated carbocycles. The molecule has 2 atom stereocenters. The summed E-state index contributed by atoms with van der Waals surface area (Å²) in [6, 6.07) is 5.35. The van der Waals surface area contributed by atoms with Crippen molar-refractivity contribution in [2.45, 2.75) is 44.8 Å². The number of phenols is 1. The highest BCUT2D eigenvalue weighted by atomic mass is 16.5. The third kappa shape index (κ3) is 3.37. The summed E-state index contributed by atoms with van der Waals surface area (Å²) < 4.78 is 11.3. The number of benzene rings is 1. The predicted octanol–water partition coefficient (Wildman–Crippen LogP) is 3.04. The number of hydrogen-bond donors (Lipinski definition) is 1. The second-order valence-electron chi connectivity index (χ2n) is 4.77. The van der Waals surface area contributed by atoms with Crippen molar-refractivity contribution in [2.75, 3.05) is 7.11 Å². The maximum absolute atomic E-state index is 9.52. The van der Waals surface area contributed by atoms with Gasteiger partial charge in [-0.2, -0.15) is 0 Å². The number of aromatic hydroxyl groups is 1. The molecule has 0 bridgehead atoms. The van der Waals surface area contributed by atoms with Gasteiger partial charge >= 0.3 is 0 Å². The molecule has 0 saturated heterocycles. The van der Waals surface area contributed by atoms with Crippen molar-refractivity contribution in [1.82, 2.24) is 0 Å². The Kier molecular flexibility index (Phi) is 3.89. The standard InChI is InChI=1S/C14H20O3/c1-10-6-11(15)8-14(7-10)17-13-5-3-4-12(9-13)16-2/h6-8,12-13,15H,3-5,9H2,1-2H3. The lowest BCUT2D eigenvalue weighted by atomic mass is 9.95. The third-order valence-electron chi connectivity index (χ3n) is 3.25. The number of methoxy groups -OCH3 is 1. The molecule has 2 rings (SSSR count). The number of ether oxygens (including phenoxy) is 2. The molecule has 1 fully saturated rings. The van der Waals surface area contributed by atoms with E-state index in [0.717, 1.165) is 37.0 Å². The van der Waals surface area contributed by atoms with Crippen molar-refractivity contribution in [3.8, 4) is 11.5 Å². The lowest BCUT2D eigenvalue weighted by molar-refractivity contribution is 0.0209. The summed E-state index contributed by atoms with van der Waals surface area (Å²) in [6.07, 6.45) is 4.78. The maximum Gasteiger partial charge on any atom is 0.123 e. The number of hydrogen-bond acceptors (Lipinski definition) is 3. The largest absolute Gasteiger partial charge is 0.508 e. The zero-order valence-corrected chi connectivity index (χ0v) is 10.5. The normalized spacial score (nSPS) is 24.6. The first-order chi connectivity index (χ1) is 8.17. The van der Waals surface area contributed by atoms with Gasteiger partial charge in [0.25, 0.3) is 0 Å². The highest BCUT2D eigenvalue weighted by Crippen LogP contribution is 2.27. The molecule has 0 spiro atoms. The monoisotopic (exact) mass is 236 g/mol. The van der Waals surface area contributed by atoms with Crippen LogP contribution in [0, 0.1) is 6.92 Å². The van der Waals surface area contributed by atoms with E-state index in [9.17, 15) is 5.11 Å². The van der Waals surface area contributed by atoms with E-state index < -0.39 is 0 Å². The Morgan fingerprint density at radius 2 is 1.94 bits per heavy atom. The molecule has 2 unspecified atom stereocenters. The van der Waals surface area contributed by atoms with E-state index in [1.54, 1.807) is 19.2 Å². The summed E-state index contributed by atoms with van der Waals surface area (Å²) in [5.74, 6) is 1.02. The molecule has 3 heteroatoms. The number of rotatable bonds is 3. The Morgan fingerprint density at radius 1 is 1.18 bits per heavy atom. The maximum atomic E-state index is 9.52. The van der Waals surface area contributed by atoms with Crippen LogP contribution < -0.4 is 4.74 Å². The number of phenolic OH excluding ortho intramolecular Hbond substituents is 1. The average Bonchev–Trinajstić information content (AvgIpc) is 2.28. The lowest BCUT2D eigenvalue weighted by Gasteiger charge is -2.28. The summed E-state index contributed by atoms with van der Waals surface area (Å²) in [4.78, 5) is 0. The zero-order chi connectivity index (χ0) is 12.3. The van der Waals surface area contributed by atoms with Crippen molar-refractivity contribution < 1.29 is 14.6 Å². The van der Waals surface area contributed by atoms with Crippen LogP contribution in [-0.4, -0.2) is 24.4 Å². The second kappa shape index (κ2) is 5.41. The highest BCUT2D eigenvalue weighted by Gasteiger charge is 2.23. The summed E-state index contributed by atoms with van der Waals surface area (Å²) in [7, 11) is 1.76. The van der Waals surface area contributed by atoms with Gasteiger partial charge in [-0.1, -0.05) is 0 Å². The molecule has 0 radical (unpaired) electrons. The minimum absolute atomic E-state index is 0.204. The fraction of sp³-hybridized carbons (Fsp3) is 0.571. The highest BCUT2D eigenvalue weighted by molar-refractivity contribution is 5.36. The smallest absolute Gasteiger partial charge is 0.123 e. The Hall–Kier alpha value is -1.22. The fourth-order valence-electron chi connectivity index (χ4n) is 2.41. The van der Waals surface area contributed by atoms with Crippen molar-refractivity contribution in [1.29, 1.82) is 0 Å². The van der Waals surface area contributed by atoms with Gasteiger partial charge in [0.1, 0.15) is 17.6 Å². The second-order valence-corrected chi connectivity index (χ2v) is 4.77. The Balaban J connectivity index is 2.00. The molecule has 1 N–H and O–H groups in total. The van der Waals surface area contributed by atoms with Crippen LogP contribution in [0.4, 0.5) is 0 Å². The van der Waals surface area contributed by atoms with Crippen molar-refractivity contribution in [3.05, 3.63) is 23.8 Å². The van der Waals surface area contributed by atoms with Gasteiger partial charge in [-0.25, -0.2) is 0 Å². The molecule has 0 amide bonds. The van der Waals surface area contributed by atoms with E-state index in [1.807, 2.05) is 13.0 Å². The van der Waals surface area contributed by atoms with Crippen LogP contribution >= 0.6 is 0 Å². The van der Waals surface area contributed by atoms with Crippen LogP contribution in [0.3, 0.4) is 0 Å². The van der Waals surface area contributed by atoms with E-state index in [1.165, 1.54) is 0 Å². The average molecular weight is 236 g/mol. The molecule has 1 aromatic rings. The molecular formula is C14H20O3. The molecule has 0 heterocycles. The molecule has 17 heavy (non-hydrogen) atoms. The Bertz CT molecular complexity index is 355. The van der Waals surface area contributed by atoms with Crippen LogP contribution in [0.1, 0.15) is 31.2 Å². The first-order valence-electron chi connectivity index (χ1n) is 6.17. The summed E-state index contributed by atoms with van der Waals surface area (Å²) in [6.45, 7) is 1.95. The van der Waals surface area contributed by atoms with Gasteiger partial charge in [0.05, 0.1) is 6.10 Å². The molecule has 3 nitrogen and oxygen atoms in total. The quantitative estimate of drug-likeness (QED) is 0.876. The molecule has 0 aliphatic heterocycles. The van der Waals surface area contributed by atoms with Crippen molar-refractivity contribution in [2.24, 2.45) is 0 Å². The van der Waals surface area contributed by atoms with E-state index in [2.05, 4.69) is 0 Å². The molecule has 1 aromatic carbocycles. The molecule has 94 valence electrons. The van der Waals surface area contributed by atoms with Crippen LogP contribution in [0.25, 0.3) is 0 Å². The van der Waals surface area contributed by atoms with Gasteiger partial charge in [-0.15, -0.1) is 0 Å². The van der Waals surface area contributed by atoms with Crippen LogP contribution in [0.2, 0.25) is 0 Å².